The lowest BCUT2D eigenvalue weighted by molar-refractivity contribution is -0.143. The molecule has 2 N–H and O–H groups in total. The second-order valence-electron chi connectivity index (χ2n) is 4.70. The van der Waals surface area contributed by atoms with E-state index in [0.717, 1.165) is 31.4 Å². The Morgan fingerprint density at radius 1 is 1.65 bits per heavy atom. The lowest BCUT2D eigenvalue weighted by Gasteiger charge is -2.29. The minimum Gasteiger partial charge on any atom is -0.481 e. The van der Waals surface area contributed by atoms with Crippen molar-refractivity contribution < 1.29 is 9.90 Å². The zero-order valence-electron chi connectivity index (χ0n) is 9.93. The summed E-state index contributed by atoms with van der Waals surface area (Å²) in [7, 11) is 0. The van der Waals surface area contributed by atoms with Crippen LogP contribution in [0.2, 0.25) is 0 Å². The highest BCUT2D eigenvalue weighted by molar-refractivity contribution is 7.07. The smallest absolute Gasteiger partial charge is 0.306 e. The molecule has 4 nitrogen and oxygen atoms in total. The molecule has 0 spiro atoms. The molecular weight excluding hydrogens is 236 g/mol. The van der Waals surface area contributed by atoms with Crippen molar-refractivity contribution in [2.45, 2.75) is 44.7 Å². The van der Waals surface area contributed by atoms with Gasteiger partial charge in [-0.25, -0.2) is 4.98 Å². The molecule has 2 rings (SSSR count). The van der Waals surface area contributed by atoms with E-state index in [1.54, 1.807) is 11.3 Å². The molecular formula is C12H18N2O2S. The average Bonchev–Trinajstić information content (AvgIpc) is 2.82. The Morgan fingerprint density at radius 2 is 2.47 bits per heavy atom. The first-order chi connectivity index (χ1) is 8.16. The summed E-state index contributed by atoms with van der Waals surface area (Å²) in [6, 6.07) is 0.514. The number of rotatable bonds is 4. The number of carboxylic acids is 1. The molecule has 1 aromatic rings. The zero-order valence-corrected chi connectivity index (χ0v) is 10.7. The average molecular weight is 254 g/mol. The van der Waals surface area contributed by atoms with Gasteiger partial charge < -0.3 is 10.4 Å². The van der Waals surface area contributed by atoms with Gasteiger partial charge in [0.05, 0.1) is 17.1 Å². The molecule has 0 aliphatic heterocycles. The van der Waals surface area contributed by atoms with E-state index in [4.69, 9.17) is 5.11 Å². The molecule has 5 heteroatoms. The van der Waals surface area contributed by atoms with Gasteiger partial charge in [0, 0.05) is 17.5 Å². The number of thiazole rings is 1. The molecule has 3 unspecified atom stereocenters. The van der Waals surface area contributed by atoms with Crippen molar-refractivity contribution in [2.24, 2.45) is 5.92 Å². The van der Waals surface area contributed by atoms with Crippen LogP contribution in [0.25, 0.3) is 0 Å². The van der Waals surface area contributed by atoms with Gasteiger partial charge in [-0.15, -0.1) is 11.3 Å². The van der Waals surface area contributed by atoms with Gasteiger partial charge in [-0.1, -0.05) is 6.42 Å². The quantitative estimate of drug-likeness (QED) is 0.866. The van der Waals surface area contributed by atoms with Crippen LogP contribution >= 0.6 is 11.3 Å². The van der Waals surface area contributed by atoms with E-state index in [1.165, 1.54) is 0 Å². The molecule has 0 radical (unpaired) electrons. The molecule has 1 aromatic heterocycles. The Balaban J connectivity index is 1.88. The predicted molar refractivity (Wildman–Crippen MR) is 67.0 cm³/mol. The van der Waals surface area contributed by atoms with Crippen LogP contribution in [-0.2, 0) is 4.79 Å². The number of hydrogen-bond acceptors (Lipinski definition) is 4. The number of nitrogens with one attached hydrogen (secondary N) is 1. The van der Waals surface area contributed by atoms with Crippen molar-refractivity contribution in [3.05, 3.63) is 16.6 Å². The molecule has 94 valence electrons. The van der Waals surface area contributed by atoms with Gasteiger partial charge in [-0.3, -0.25) is 4.79 Å². The van der Waals surface area contributed by atoms with Crippen LogP contribution in [0.4, 0.5) is 0 Å². The van der Waals surface area contributed by atoms with Crippen molar-refractivity contribution in [2.75, 3.05) is 0 Å². The molecule has 0 aromatic carbocycles. The molecule has 0 bridgehead atoms. The highest BCUT2D eigenvalue weighted by atomic mass is 32.1. The zero-order chi connectivity index (χ0) is 12.3. The largest absolute Gasteiger partial charge is 0.481 e. The van der Waals surface area contributed by atoms with Crippen molar-refractivity contribution >= 4 is 17.3 Å². The molecule has 17 heavy (non-hydrogen) atoms. The van der Waals surface area contributed by atoms with Crippen LogP contribution in [-0.4, -0.2) is 22.1 Å². The Bertz CT molecular complexity index is 367. The molecule has 3 atom stereocenters. The fraction of sp³-hybridized carbons (Fsp3) is 0.667. The maximum absolute atomic E-state index is 11.0. The van der Waals surface area contributed by atoms with Crippen LogP contribution in [0.15, 0.2) is 10.9 Å². The predicted octanol–water partition coefficient (Wildman–Crippen LogP) is 2.44. The Morgan fingerprint density at radius 3 is 3.12 bits per heavy atom. The Labute approximate surface area is 105 Å². The van der Waals surface area contributed by atoms with Crippen LogP contribution < -0.4 is 5.32 Å². The van der Waals surface area contributed by atoms with E-state index in [9.17, 15) is 4.79 Å². The first kappa shape index (κ1) is 12.5. The lowest BCUT2D eigenvalue weighted by Crippen LogP contribution is -2.37. The summed E-state index contributed by atoms with van der Waals surface area (Å²) in [4.78, 5) is 15.3. The molecule has 1 saturated carbocycles. The SMILES string of the molecule is CC(NC1CCCC(C(=O)O)C1)c1cscn1. The van der Waals surface area contributed by atoms with Crippen LogP contribution in [0, 0.1) is 5.92 Å². The highest BCUT2D eigenvalue weighted by Gasteiger charge is 2.27. The first-order valence-corrected chi connectivity index (χ1v) is 6.98. The van der Waals surface area contributed by atoms with Gasteiger partial charge in [-0.2, -0.15) is 0 Å². The number of hydrogen-bond donors (Lipinski definition) is 2. The summed E-state index contributed by atoms with van der Waals surface area (Å²) in [5, 5.41) is 14.6. The van der Waals surface area contributed by atoms with Crippen molar-refractivity contribution in [3.63, 3.8) is 0 Å². The summed E-state index contributed by atoms with van der Waals surface area (Å²) in [6.07, 6.45) is 3.62. The number of carbonyl (C=O) groups is 1. The van der Waals surface area contributed by atoms with Crippen LogP contribution in [0.1, 0.15) is 44.3 Å². The molecule has 1 fully saturated rings. The van der Waals surface area contributed by atoms with Crippen molar-refractivity contribution in [1.82, 2.24) is 10.3 Å². The van der Waals surface area contributed by atoms with Crippen LogP contribution in [0.5, 0.6) is 0 Å². The van der Waals surface area contributed by atoms with Gasteiger partial charge in [0.15, 0.2) is 0 Å². The lowest BCUT2D eigenvalue weighted by atomic mass is 9.85. The van der Waals surface area contributed by atoms with E-state index in [0.29, 0.717) is 6.04 Å². The minimum atomic E-state index is -0.655. The Kier molecular flexibility index (Phi) is 4.12. The summed E-state index contributed by atoms with van der Waals surface area (Å²) < 4.78 is 0. The topological polar surface area (TPSA) is 62.2 Å². The molecule has 0 saturated heterocycles. The van der Waals surface area contributed by atoms with E-state index in [1.807, 2.05) is 10.9 Å². The number of nitrogens with zero attached hydrogens (tertiary/aromatic N) is 1. The van der Waals surface area contributed by atoms with E-state index in [2.05, 4.69) is 17.2 Å². The van der Waals surface area contributed by atoms with Gasteiger partial charge in [0.2, 0.25) is 0 Å². The normalized spacial score (nSPS) is 26.6. The summed E-state index contributed by atoms with van der Waals surface area (Å²) in [6.45, 7) is 2.08. The summed E-state index contributed by atoms with van der Waals surface area (Å²) in [5.41, 5.74) is 2.88. The third-order valence-corrected chi connectivity index (χ3v) is 4.01. The van der Waals surface area contributed by atoms with E-state index >= 15 is 0 Å². The number of aromatic nitrogens is 1. The Hall–Kier alpha value is -0.940. The number of aliphatic carboxylic acids is 1. The summed E-state index contributed by atoms with van der Waals surface area (Å²) in [5.74, 6) is -0.832. The fourth-order valence-corrected chi connectivity index (χ4v) is 3.09. The van der Waals surface area contributed by atoms with Crippen molar-refractivity contribution in [3.8, 4) is 0 Å². The first-order valence-electron chi connectivity index (χ1n) is 6.03. The minimum absolute atomic E-state index is 0.177. The van der Waals surface area contributed by atoms with E-state index in [-0.39, 0.29) is 12.0 Å². The molecule has 0 amide bonds. The van der Waals surface area contributed by atoms with Gasteiger partial charge in [0.1, 0.15) is 0 Å². The highest BCUT2D eigenvalue weighted by Crippen LogP contribution is 2.26. The molecule has 1 heterocycles. The third kappa shape index (κ3) is 3.26. The van der Waals surface area contributed by atoms with E-state index < -0.39 is 5.97 Å². The molecule has 1 aliphatic carbocycles. The third-order valence-electron chi connectivity index (χ3n) is 3.40. The second-order valence-corrected chi connectivity index (χ2v) is 5.42. The van der Waals surface area contributed by atoms with Gasteiger partial charge >= 0.3 is 5.97 Å². The van der Waals surface area contributed by atoms with Crippen molar-refractivity contribution in [1.29, 1.82) is 0 Å². The standard InChI is InChI=1S/C12H18N2O2S/c1-8(11-6-17-7-13-11)14-10-4-2-3-9(5-10)12(15)16/h6-10,14H,2-5H2,1H3,(H,15,16). The van der Waals surface area contributed by atoms with Gasteiger partial charge in [0.25, 0.3) is 0 Å². The second kappa shape index (κ2) is 5.60. The number of carboxylic acid groups (broad SMARTS) is 1. The maximum Gasteiger partial charge on any atom is 0.306 e. The fourth-order valence-electron chi connectivity index (χ4n) is 2.44. The summed E-state index contributed by atoms with van der Waals surface area (Å²) >= 11 is 1.59. The monoisotopic (exact) mass is 254 g/mol. The van der Waals surface area contributed by atoms with Gasteiger partial charge in [-0.05, 0) is 26.2 Å². The maximum atomic E-state index is 11.0. The van der Waals surface area contributed by atoms with Crippen LogP contribution in [0.3, 0.4) is 0 Å². The molecule has 1 aliphatic rings.